The first-order valence-corrected chi connectivity index (χ1v) is 11.9. The van der Waals surface area contributed by atoms with Crippen molar-refractivity contribution >= 4 is 17.8 Å². The van der Waals surface area contributed by atoms with E-state index in [-0.39, 0.29) is 29.8 Å². The lowest BCUT2D eigenvalue weighted by Crippen LogP contribution is -2.54. The number of furan rings is 1. The zero-order valence-electron chi connectivity index (χ0n) is 19.5. The second-order valence-corrected chi connectivity index (χ2v) is 10.7. The van der Waals surface area contributed by atoms with Crippen LogP contribution in [0.25, 0.3) is 0 Å². The Kier molecular flexibility index (Phi) is 6.34. The van der Waals surface area contributed by atoms with Gasteiger partial charge in [0.1, 0.15) is 17.8 Å². The van der Waals surface area contributed by atoms with Gasteiger partial charge in [-0.25, -0.2) is 4.79 Å². The highest BCUT2D eigenvalue weighted by atomic mass is 16.3. The van der Waals surface area contributed by atoms with E-state index in [0.717, 1.165) is 43.0 Å². The largest absolute Gasteiger partial charge is 0.468 e. The summed E-state index contributed by atoms with van der Waals surface area (Å²) in [6.45, 7) is 8.43. The number of likely N-dealkylation sites (tertiary alicyclic amines) is 1. The van der Waals surface area contributed by atoms with Gasteiger partial charge in [-0.05, 0) is 68.7 Å². The third kappa shape index (κ3) is 4.70. The number of carbonyl (C=O) groups is 3. The summed E-state index contributed by atoms with van der Waals surface area (Å²) in [4.78, 5) is 42.1. The molecule has 0 radical (unpaired) electrons. The van der Waals surface area contributed by atoms with Crippen LogP contribution in [0.5, 0.6) is 0 Å². The molecule has 2 saturated heterocycles. The number of nitrogens with one attached hydrogen (secondary N) is 2. The summed E-state index contributed by atoms with van der Waals surface area (Å²) in [5.74, 6) is 0.549. The second kappa shape index (κ2) is 8.89. The van der Waals surface area contributed by atoms with Gasteiger partial charge in [-0.1, -0.05) is 27.2 Å². The average molecular weight is 445 g/mol. The van der Waals surface area contributed by atoms with Crippen LogP contribution in [0, 0.1) is 11.3 Å². The monoisotopic (exact) mass is 444 g/mol. The summed E-state index contributed by atoms with van der Waals surface area (Å²) in [7, 11) is 0. The van der Waals surface area contributed by atoms with Crippen molar-refractivity contribution in [2.24, 2.45) is 11.3 Å². The van der Waals surface area contributed by atoms with Crippen molar-refractivity contribution in [2.75, 3.05) is 26.2 Å². The fourth-order valence-electron chi connectivity index (χ4n) is 6.18. The van der Waals surface area contributed by atoms with Crippen LogP contribution in [0.1, 0.15) is 71.1 Å². The van der Waals surface area contributed by atoms with Crippen molar-refractivity contribution < 1.29 is 18.8 Å². The lowest BCUT2D eigenvalue weighted by atomic mass is 9.64. The van der Waals surface area contributed by atoms with E-state index in [1.807, 2.05) is 12.1 Å². The van der Waals surface area contributed by atoms with Gasteiger partial charge in [-0.3, -0.25) is 19.4 Å². The summed E-state index contributed by atoms with van der Waals surface area (Å²) in [5.41, 5.74) is -0.924. The maximum atomic E-state index is 13.3. The van der Waals surface area contributed by atoms with Gasteiger partial charge in [0.05, 0.1) is 12.3 Å². The molecule has 1 aromatic rings. The van der Waals surface area contributed by atoms with Crippen molar-refractivity contribution in [3.8, 4) is 0 Å². The van der Waals surface area contributed by atoms with Crippen LogP contribution in [0.3, 0.4) is 0 Å². The predicted octanol–water partition coefficient (Wildman–Crippen LogP) is 3.06. The Morgan fingerprint density at radius 2 is 2.00 bits per heavy atom. The number of nitrogens with zero attached hydrogens (tertiary/aromatic N) is 2. The number of hydrogen-bond donors (Lipinski definition) is 2. The van der Waals surface area contributed by atoms with Crippen LogP contribution in [0.2, 0.25) is 0 Å². The van der Waals surface area contributed by atoms with Gasteiger partial charge in [0.15, 0.2) is 0 Å². The lowest BCUT2D eigenvalue weighted by molar-refractivity contribution is -0.137. The summed E-state index contributed by atoms with van der Waals surface area (Å²) >= 11 is 0. The quantitative estimate of drug-likeness (QED) is 0.658. The first-order valence-electron chi connectivity index (χ1n) is 11.9. The predicted molar refractivity (Wildman–Crippen MR) is 120 cm³/mol. The van der Waals surface area contributed by atoms with E-state index in [2.05, 4.69) is 36.3 Å². The van der Waals surface area contributed by atoms with E-state index in [4.69, 9.17) is 4.42 Å². The highest BCUT2D eigenvalue weighted by Gasteiger charge is 2.56. The lowest BCUT2D eigenvalue weighted by Gasteiger charge is -2.43. The van der Waals surface area contributed by atoms with Crippen LogP contribution < -0.4 is 10.6 Å². The Balaban J connectivity index is 1.39. The standard InChI is InChI=1S/C24H36N4O4/c1-17-12-23(2,3)16-24(13-17)21(30)28(22(31)26-24)15-20(29)25-14-18(19-8-7-11-32-19)27-9-5-4-6-10-27/h7-8,11,17-18H,4-6,9-10,12-16H2,1-3H3,(H,25,29)(H,26,31)/t17-,18-,24-/m1/s1. The fourth-order valence-corrected chi connectivity index (χ4v) is 6.18. The van der Waals surface area contributed by atoms with Crippen LogP contribution in [-0.2, 0) is 9.59 Å². The Hall–Kier alpha value is -2.35. The van der Waals surface area contributed by atoms with Crippen molar-refractivity contribution in [1.29, 1.82) is 0 Å². The highest BCUT2D eigenvalue weighted by molar-refractivity contribution is 6.09. The summed E-state index contributed by atoms with van der Waals surface area (Å²) in [5, 5.41) is 5.87. The smallest absolute Gasteiger partial charge is 0.325 e. The second-order valence-electron chi connectivity index (χ2n) is 10.7. The number of urea groups is 1. The van der Waals surface area contributed by atoms with Gasteiger partial charge in [0.2, 0.25) is 5.91 Å². The number of piperidine rings is 1. The number of imide groups is 1. The average Bonchev–Trinajstić information content (AvgIpc) is 3.31. The number of amides is 4. The topological polar surface area (TPSA) is 94.9 Å². The van der Waals surface area contributed by atoms with Crippen molar-refractivity contribution in [2.45, 2.75) is 70.9 Å². The van der Waals surface area contributed by atoms with Crippen LogP contribution >= 0.6 is 0 Å². The Morgan fingerprint density at radius 3 is 2.66 bits per heavy atom. The Bertz CT molecular complexity index is 846. The van der Waals surface area contributed by atoms with E-state index >= 15 is 0 Å². The molecule has 2 N–H and O–H groups in total. The van der Waals surface area contributed by atoms with Crippen LogP contribution in [-0.4, -0.2) is 59.4 Å². The third-order valence-electron chi connectivity index (χ3n) is 7.12. The molecule has 4 rings (SSSR count). The molecule has 1 aliphatic carbocycles. The number of rotatable bonds is 6. The van der Waals surface area contributed by atoms with Crippen molar-refractivity contribution in [3.05, 3.63) is 24.2 Å². The molecule has 2 aliphatic heterocycles. The molecule has 176 valence electrons. The summed E-state index contributed by atoms with van der Waals surface area (Å²) < 4.78 is 5.63. The molecular formula is C24H36N4O4. The normalized spacial score (nSPS) is 29.2. The molecule has 0 aromatic carbocycles. The Labute approximate surface area is 190 Å². The molecule has 3 heterocycles. The minimum absolute atomic E-state index is 0.0381. The van der Waals surface area contributed by atoms with E-state index in [0.29, 0.717) is 25.3 Å². The fraction of sp³-hybridized carbons (Fsp3) is 0.708. The molecule has 1 aromatic heterocycles. The van der Waals surface area contributed by atoms with E-state index < -0.39 is 11.6 Å². The molecule has 32 heavy (non-hydrogen) atoms. The van der Waals surface area contributed by atoms with E-state index in [1.165, 1.54) is 6.42 Å². The maximum Gasteiger partial charge on any atom is 0.325 e. The molecule has 3 fully saturated rings. The third-order valence-corrected chi connectivity index (χ3v) is 7.12. The first kappa shape index (κ1) is 22.8. The molecular weight excluding hydrogens is 408 g/mol. The molecule has 0 unspecified atom stereocenters. The molecule has 3 atom stereocenters. The zero-order chi connectivity index (χ0) is 22.9. The van der Waals surface area contributed by atoms with Gasteiger partial charge in [-0.15, -0.1) is 0 Å². The van der Waals surface area contributed by atoms with Gasteiger partial charge in [0.25, 0.3) is 5.91 Å². The van der Waals surface area contributed by atoms with Gasteiger partial charge in [0, 0.05) is 6.54 Å². The van der Waals surface area contributed by atoms with Gasteiger partial charge < -0.3 is 15.1 Å². The van der Waals surface area contributed by atoms with Crippen molar-refractivity contribution in [1.82, 2.24) is 20.4 Å². The molecule has 0 bridgehead atoms. The highest BCUT2D eigenvalue weighted by Crippen LogP contribution is 2.46. The van der Waals surface area contributed by atoms with Gasteiger partial charge >= 0.3 is 6.03 Å². The zero-order valence-corrected chi connectivity index (χ0v) is 19.5. The summed E-state index contributed by atoms with van der Waals surface area (Å²) in [6, 6.07) is 3.27. The minimum atomic E-state index is -0.886. The van der Waals surface area contributed by atoms with Crippen molar-refractivity contribution in [3.63, 3.8) is 0 Å². The maximum absolute atomic E-state index is 13.3. The van der Waals surface area contributed by atoms with E-state index in [9.17, 15) is 14.4 Å². The molecule has 1 spiro atoms. The van der Waals surface area contributed by atoms with E-state index in [1.54, 1.807) is 6.26 Å². The molecule has 4 amide bonds. The summed E-state index contributed by atoms with van der Waals surface area (Å²) in [6.07, 6.45) is 7.36. The number of hydrogen-bond acceptors (Lipinski definition) is 5. The van der Waals surface area contributed by atoms with Crippen LogP contribution in [0.15, 0.2) is 22.8 Å². The van der Waals surface area contributed by atoms with Gasteiger partial charge in [-0.2, -0.15) is 0 Å². The minimum Gasteiger partial charge on any atom is -0.468 e. The van der Waals surface area contributed by atoms with Crippen LogP contribution in [0.4, 0.5) is 4.79 Å². The first-order chi connectivity index (χ1) is 15.2. The molecule has 3 aliphatic rings. The Morgan fingerprint density at radius 1 is 1.25 bits per heavy atom. The SMILES string of the molecule is C[C@@H]1CC(C)(C)C[C@@]2(C1)NC(=O)N(CC(=O)NC[C@H](c1ccco1)N1CCCCC1)C2=O. The molecule has 8 heteroatoms. The molecule has 1 saturated carbocycles. The number of carbonyl (C=O) groups excluding carboxylic acids is 3. The molecule has 8 nitrogen and oxygen atoms in total.